The number of piperidine rings is 1. The number of imidazole rings is 1. The van der Waals surface area contributed by atoms with Crippen LogP contribution >= 0.6 is 0 Å². The number of nitrogens with one attached hydrogen (secondary N) is 1. The molecule has 0 aliphatic carbocycles. The number of carbonyl (C=O) groups is 1. The maximum atomic E-state index is 11.7. The van der Waals surface area contributed by atoms with E-state index < -0.39 is 0 Å². The van der Waals surface area contributed by atoms with E-state index in [1.54, 1.807) is 0 Å². The average Bonchev–Trinajstić information content (AvgIpc) is 3.24. The summed E-state index contributed by atoms with van der Waals surface area (Å²) in [5.74, 6) is 2.38. The number of rotatable bonds is 4. The molecule has 3 heterocycles. The van der Waals surface area contributed by atoms with E-state index in [-0.39, 0.29) is 5.91 Å². The van der Waals surface area contributed by atoms with Gasteiger partial charge in [0, 0.05) is 32.6 Å². The van der Waals surface area contributed by atoms with Crippen LogP contribution in [0.15, 0.2) is 48.5 Å². The molecule has 2 saturated heterocycles. The van der Waals surface area contributed by atoms with Crippen molar-refractivity contribution in [2.75, 3.05) is 19.6 Å². The Kier molecular flexibility index (Phi) is 4.40. The number of benzene rings is 2. The molecule has 2 fully saturated rings. The molecule has 1 aromatic heterocycles. The summed E-state index contributed by atoms with van der Waals surface area (Å²) < 4.78 is 2.35. The van der Waals surface area contributed by atoms with Gasteiger partial charge in [0.1, 0.15) is 5.82 Å². The molecule has 1 amide bonds. The smallest absolute Gasteiger partial charge is 0.220 e. The number of likely N-dealkylation sites (tertiary alicyclic amines) is 1. The van der Waals surface area contributed by atoms with Gasteiger partial charge in [-0.1, -0.05) is 42.0 Å². The number of amides is 1. The number of aryl methyl sites for hydroxylation is 1. The van der Waals surface area contributed by atoms with Crippen molar-refractivity contribution in [1.29, 1.82) is 0 Å². The molecular formula is C23H26N4O. The van der Waals surface area contributed by atoms with Crippen molar-refractivity contribution in [2.24, 2.45) is 11.8 Å². The van der Waals surface area contributed by atoms with Gasteiger partial charge in [0.25, 0.3) is 0 Å². The van der Waals surface area contributed by atoms with E-state index in [1.807, 2.05) is 0 Å². The lowest BCUT2D eigenvalue weighted by Gasteiger charge is -2.23. The van der Waals surface area contributed by atoms with Gasteiger partial charge >= 0.3 is 0 Å². The Morgan fingerprint density at radius 2 is 1.82 bits per heavy atom. The first-order valence-corrected chi connectivity index (χ1v) is 10.1. The fraction of sp³-hybridized carbons (Fsp3) is 0.391. The monoisotopic (exact) mass is 374 g/mol. The molecule has 28 heavy (non-hydrogen) atoms. The molecule has 2 aliphatic rings. The predicted octanol–water partition coefficient (Wildman–Crippen LogP) is 2.96. The summed E-state index contributed by atoms with van der Waals surface area (Å²) in [6.07, 6.45) is 0.668. The van der Waals surface area contributed by atoms with Crippen molar-refractivity contribution in [3.05, 3.63) is 65.5 Å². The molecule has 144 valence electrons. The van der Waals surface area contributed by atoms with Crippen LogP contribution in [0.4, 0.5) is 0 Å². The number of aromatic nitrogens is 2. The minimum absolute atomic E-state index is 0.203. The summed E-state index contributed by atoms with van der Waals surface area (Å²) in [4.78, 5) is 19.2. The third-order valence-electron chi connectivity index (χ3n) is 6.22. The average molecular weight is 374 g/mol. The minimum Gasteiger partial charge on any atom is -0.356 e. The lowest BCUT2D eigenvalue weighted by atomic mass is 9.89. The molecule has 0 spiro atoms. The van der Waals surface area contributed by atoms with Gasteiger partial charge in [-0.2, -0.15) is 0 Å². The highest BCUT2D eigenvalue weighted by Gasteiger charge is 2.37. The largest absolute Gasteiger partial charge is 0.356 e. The van der Waals surface area contributed by atoms with E-state index in [1.165, 1.54) is 16.6 Å². The summed E-state index contributed by atoms with van der Waals surface area (Å²) >= 11 is 0. The molecule has 5 rings (SSSR count). The Bertz CT molecular complexity index is 1010. The zero-order valence-corrected chi connectivity index (χ0v) is 16.3. The second kappa shape index (κ2) is 7.06. The zero-order valence-electron chi connectivity index (χ0n) is 16.3. The van der Waals surface area contributed by atoms with Crippen molar-refractivity contribution >= 4 is 16.9 Å². The Balaban J connectivity index is 1.42. The van der Waals surface area contributed by atoms with Crippen LogP contribution in [0.3, 0.4) is 0 Å². The second-order valence-electron chi connectivity index (χ2n) is 8.31. The number of hydrogen-bond acceptors (Lipinski definition) is 3. The van der Waals surface area contributed by atoms with Gasteiger partial charge < -0.3 is 9.88 Å². The molecular weight excluding hydrogens is 348 g/mol. The predicted molar refractivity (Wildman–Crippen MR) is 110 cm³/mol. The van der Waals surface area contributed by atoms with Crippen molar-refractivity contribution < 1.29 is 4.79 Å². The lowest BCUT2D eigenvalue weighted by molar-refractivity contribution is -0.124. The number of carbonyl (C=O) groups excluding carboxylic acids is 1. The van der Waals surface area contributed by atoms with Gasteiger partial charge in [-0.3, -0.25) is 9.69 Å². The number of fused-ring (bicyclic) bond motifs is 2. The normalized spacial score (nSPS) is 22.4. The number of para-hydroxylation sites is 2. The molecule has 1 N–H and O–H groups in total. The molecule has 0 radical (unpaired) electrons. The van der Waals surface area contributed by atoms with Gasteiger partial charge in [0.2, 0.25) is 5.91 Å². The van der Waals surface area contributed by atoms with Crippen molar-refractivity contribution in [2.45, 2.75) is 26.4 Å². The van der Waals surface area contributed by atoms with Crippen LogP contribution in [0.5, 0.6) is 0 Å². The van der Waals surface area contributed by atoms with Crippen LogP contribution in [-0.2, 0) is 17.9 Å². The van der Waals surface area contributed by atoms with Crippen LogP contribution in [-0.4, -0.2) is 40.0 Å². The third kappa shape index (κ3) is 3.31. The molecule has 0 bridgehead atoms. The van der Waals surface area contributed by atoms with E-state index in [0.717, 1.165) is 44.1 Å². The number of hydrogen-bond donors (Lipinski definition) is 1. The molecule has 2 aromatic carbocycles. The summed E-state index contributed by atoms with van der Waals surface area (Å²) in [5, 5.41) is 3.02. The quantitative estimate of drug-likeness (QED) is 0.764. The van der Waals surface area contributed by atoms with E-state index in [2.05, 4.69) is 70.2 Å². The van der Waals surface area contributed by atoms with Gasteiger partial charge in [0.15, 0.2) is 0 Å². The first kappa shape index (κ1) is 17.4. The number of nitrogens with zero attached hydrogens (tertiary/aromatic N) is 3. The highest BCUT2D eigenvalue weighted by molar-refractivity contribution is 5.77. The van der Waals surface area contributed by atoms with E-state index in [9.17, 15) is 4.79 Å². The summed E-state index contributed by atoms with van der Waals surface area (Å²) in [6.45, 7) is 6.64. The van der Waals surface area contributed by atoms with Crippen molar-refractivity contribution in [3.8, 4) is 0 Å². The summed E-state index contributed by atoms with van der Waals surface area (Å²) in [7, 11) is 0. The topological polar surface area (TPSA) is 50.2 Å². The highest BCUT2D eigenvalue weighted by Crippen LogP contribution is 2.30. The van der Waals surface area contributed by atoms with E-state index in [4.69, 9.17) is 4.98 Å². The fourth-order valence-electron chi connectivity index (χ4n) is 4.68. The molecule has 5 nitrogen and oxygen atoms in total. The minimum atomic E-state index is 0.203. The molecule has 3 aromatic rings. The van der Waals surface area contributed by atoms with Crippen LogP contribution in [0, 0.1) is 18.8 Å². The van der Waals surface area contributed by atoms with Crippen LogP contribution in [0.25, 0.3) is 11.0 Å². The van der Waals surface area contributed by atoms with E-state index >= 15 is 0 Å². The SMILES string of the molecule is Cc1ccc(Cn2c(CN3C[C@H]4CC(=O)NC[C@H]4C3)nc3ccccc32)cc1. The van der Waals surface area contributed by atoms with Crippen LogP contribution < -0.4 is 5.32 Å². The third-order valence-corrected chi connectivity index (χ3v) is 6.22. The highest BCUT2D eigenvalue weighted by atomic mass is 16.1. The Morgan fingerprint density at radius 3 is 2.68 bits per heavy atom. The molecule has 0 saturated carbocycles. The standard InChI is InChI=1S/C23H26N4O/c1-16-6-8-17(9-7-16)12-27-21-5-3-2-4-20(21)25-22(27)15-26-13-18-10-23(28)24-11-19(18)14-26/h2-9,18-19H,10-15H2,1H3,(H,24,28)/t18-,19+/m1/s1. The van der Waals surface area contributed by atoms with Crippen molar-refractivity contribution in [1.82, 2.24) is 19.8 Å². The van der Waals surface area contributed by atoms with Crippen LogP contribution in [0.2, 0.25) is 0 Å². The summed E-state index contributed by atoms with van der Waals surface area (Å²) in [6, 6.07) is 17.1. The second-order valence-corrected chi connectivity index (χ2v) is 8.31. The molecule has 2 aliphatic heterocycles. The van der Waals surface area contributed by atoms with Gasteiger partial charge in [0.05, 0.1) is 17.6 Å². The summed E-state index contributed by atoms with van der Waals surface area (Å²) in [5.41, 5.74) is 4.81. The first-order chi connectivity index (χ1) is 13.7. The Morgan fingerprint density at radius 1 is 1.04 bits per heavy atom. The zero-order chi connectivity index (χ0) is 19.1. The molecule has 5 heteroatoms. The maximum Gasteiger partial charge on any atom is 0.220 e. The Labute approximate surface area is 165 Å². The van der Waals surface area contributed by atoms with Gasteiger partial charge in [-0.25, -0.2) is 4.98 Å². The van der Waals surface area contributed by atoms with Gasteiger partial charge in [-0.05, 0) is 36.5 Å². The first-order valence-electron chi connectivity index (χ1n) is 10.1. The maximum absolute atomic E-state index is 11.7. The molecule has 2 atom stereocenters. The van der Waals surface area contributed by atoms with Gasteiger partial charge in [-0.15, -0.1) is 0 Å². The lowest BCUT2D eigenvalue weighted by Crippen LogP contribution is -2.39. The fourth-order valence-corrected chi connectivity index (χ4v) is 4.68. The van der Waals surface area contributed by atoms with E-state index in [0.29, 0.717) is 18.3 Å². The van der Waals surface area contributed by atoms with Crippen molar-refractivity contribution in [3.63, 3.8) is 0 Å². The van der Waals surface area contributed by atoms with Crippen LogP contribution in [0.1, 0.15) is 23.4 Å². The molecule has 0 unspecified atom stereocenters. The Hall–Kier alpha value is -2.66.